The van der Waals surface area contributed by atoms with E-state index in [1.165, 1.54) is 7.11 Å². The number of hydroxylamine groups is 1. The Morgan fingerprint density at radius 1 is 1.77 bits per heavy atom. The minimum Gasteiger partial charge on any atom is -0.392 e. The number of β-amino-alcohol motifs (C(OH)–C–C–N with tert-alkyl or cyclic N) is 1. The van der Waals surface area contributed by atoms with Crippen molar-refractivity contribution in [2.45, 2.75) is 25.5 Å². The maximum Gasteiger partial charge on any atom is 0.257 e. The van der Waals surface area contributed by atoms with Crippen molar-refractivity contribution in [3.63, 3.8) is 0 Å². The summed E-state index contributed by atoms with van der Waals surface area (Å²) in [5, 5.41) is 9.31. The molecule has 0 aromatic heterocycles. The van der Waals surface area contributed by atoms with Gasteiger partial charge in [-0.1, -0.05) is 0 Å². The Morgan fingerprint density at radius 3 is 2.92 bits per heavy atom. The number of nitrogens with zero attached hydrogens (tertiary/aromatic N) is 1. The number of hydrogen-bond donors (Lipinski definition) is 2. The number of hydrogen-bond acceptors (Lipinski definition) is 4. The Hall–Kier alpha value is -0.650. The summed E-state index contributed by atoms with van der Waals surface area (Å²) < 4.78 is 0. The van der Waals surface area contributed by atoms with Crippen molar-refractivity contribution < 1.29 is 14.7 Å². The smallest absolute Gasteiger partial charge is 0.257 e. The van der Waals surface area contributed by atoms with E-state index in [0.717, 1.165) is 6.42 Å². The van der Waals surface area contributed by atoms with Crippen LogP contribution in [0.25, 0.3) is 0 Å². The Bertz CT molecular complexity index is 186. The molecule has 1 fully saturated rings. The molecule has 0 aliphatic carbocycles. The van der Waals surface area contributed by atoms with Crippen LogP contribution in [-0.4, -0.2) is 48.3 Å². The van der Waals surface area contributed by atoms with Crippen LogP contribution in [0, 0.1) is 0 Å². The van der Waals surface area contributed by atoms with Crippen LogP contribution in [0.2, 0.25) is 0 Å². The lowest BCUT2D eigenvalue weighted by Crippen LogP contribution is -2.38. The van der Waals surface area contributed by atoms with E-state index < -0.39 is 0 Å². The number of carbonyl (C=O) groups excluding carboxylic acids is 1. The molecular formula is C8H16N2O3. The van der Waals surface area contributed by atoms with Gasteiger partial charge in [0.15, 0.2) is 0 Å². The van der Waals surface area contributed by atoms with Gasteiger partial charge >= 0.3 is 0 Å². The Balaban J connectivity index is 2.32. The standard InChI is InChI=1S/C8H16N2O3/c1-6-3-7(11)4-10(6)5-8(12)9-13-2/h6-7,11H,3-5H2,1-2H3,(H,9,12). The first-order valence-electron chi connectivity index (χ1n) is 4.37. The van der Waals surface area contributed by atoms with Crippen molar-refractivity contribution in [3.05, 3.63) is 0 Å². The zero-order valence-electron chi connectivity index (χ0n) is 7.99. The molecule has 5 heteroatoms. The van der Waals surface area contributed by atoms with Gasteiger partial charge in [-0.25, -0.2) is 5.48 Å². The van der Waals surface area contributed by atoms with Gasteiger partial charge in [0.25, 0.3) is 5.91 Å². The molecule has 1 saturated heterocycles. The molecule has 0 saturated carbocycles. The summed E-state index contributed by atoms with van der Waals surface area (Å²) in [4.78, 5) is 17.5. The maximum atomic E-state index is 11.1. The molecular weight excluding hydrogens is 172 g/mol. The number of amides is 1. The zero-order valence-corrected chi connectivity index (χ0v) is 7.99. The molecule has 1 aliphatic heterocycles. The van der Waals surface area contributed by atoms with E-state index in [0.29, 0.717) is 6.54 Å². The van der Waals surface area contributed by atoms with Crippen molar-refractivity contribution >= 4 is 5.91 Å². The van der Waals surface area contributed by atoms with E-state index in [1.54, 1.807) is 0 Å². The third-order valence-electron chi connectivity index (χ3n) is 2.24. The van der Waals surface area contributed by atoms with Crippen LogP contribution in [0.1, 0.15) is 13.3 Å². The predicted molar refractivity (Wildman–Crippen MR) is 46.8 cm³/mol. The lowest BCUT2D eigenvalue weighted by molar-refractivity contribution is -0.132. The monoisotopic (exact) mass is 188 g/mol. The Labute approximate surface area is 77.6 Å². The van der Waals surface area contributed by atoms with Crippen LogP contribution in [0.5, 0.6) is 0 Å². The van der Waals surface area contributed by atoms with Gasteiger partial charge in [0.1, 0.15) is 0 Å². The summed E-state index contributed by atoms with van der Waals surface area (Å²) >= 11 is 0. The molecule has 1 aliphatic rings. The molecule has 1 amide bonds. The van der Waals surface area contributed by atoms with E-state index in [9.17, 15) is 9.90 Å². The van der Waals surface area contributed by atoms with Gasteiger partial charge in [0.2, 0.25) is 0 Å². The Morgan fingerprint density at radius 2 is 2.46 bits per heavy atom. The predicted octanol–water partition coefficient (Wildman–Crippen LogP) is -0.881. The summed E-state index contributed by atoms with van der Waals surface area (Å²) in [6.07, 6.45) is 0.436. The number of rotatable bonds is 3. The average Bonchev–Trinajstić information content (AvgIpc) is 2.30. The molecule has 1 rings (SSSR count). The third kappa shape index (κ3) is 2.95. The summed E-state index contributed by atoms with van der Waals surface area (Å²) in [6.45, 7) is 2.85. The van der Waals surface area contributed by atoms with Gasteiger partial charge < -0.3 is 5.11 Å². The fourth-order valence-corrected chi connectivity index (χ4v) is 1.62. The first-order chi connectivity index (χ1) is 6.13. The van der Waals surface area contributed by atoms with Crippen molar-refractivity contribution in [3.8, 4) is 0 Å². The highest BCUT2D eigenvalue weighted by Crippen LogP contribution is 2.16. The molecule has 2 N–H and O–H groups in total. The molecule has 0 spiro atoms. The molecule has 0 radical (unpaired) electrons. The summed E-state index contributed by atoms with van der Waals surface area (Å²) in [7, 11) is 1.40. The molecule has 2 atom stereocenters. The molecule has 0 aromatic rings. The zero-order chi connectivity index (χ0) is 9.84. The lowest BCUT2D eigenvalue weighted by Gasteiger charge is -2.19. The van der Waals surface area contributed by atoms with Crippen LogP contribution in [0.4, 0.5) is 0 Å². The van der Waals surface area contributed by atoms with Crippen LogP contribution in [0.15, 0.2) is 0 Å². The first kappa shape index (κ1) is 10.4. The third-order valence-corrected chi connectivity index (χ3v) is 2.24. The second kappa shape index (κ2) is 4.55. The summed E-state index contributed by atoms with van der Waals surface area (Å²) in [5.41, 5.74) is 2.25. The number of aliphatic hydroxyl groups is 1. The normalized spacial score (nSPS) is 29.2. The topological polar surface area (TPSA) is 61.8 Å². The van der Waals surface area contributed by atoms with Crippen molar-refractivity contribution in [1.82, 2.24) is 10.4 Å². The van der Waals surface area contributed by atoms with Crippen molar-refractivity contribution in [1.29, 1.82) is 0 Å². The van der Waals surface area contributed by atoms with Crippen molar-refractivity contribution in [2.24, 2.45) is 0 Å². The SMILES string of the molecule is CONC(=O)CN1CC(O)CC1C. The second-order valence-corrected chi connectivity index (χ2v) is 3.40. The molecule has 13 heavy (non-hydrogen) atoms. The van der Waals surface area contributed by atoms with E-state index >= 15 is 0 Å². The molecule has 1 heterocycles. The fourth-order valence-electron chi connectivity index (χ4n) is 1.62. The van der Waals surface area contributed by atoms with Crippen LogP contribution in [-0.2, 0) is 9.63 Å². The van der Waals surface area contributed by atoms with Gasteiger partial charge in [-0.05, 0) is 13.3 Å². The van der Waals surface area contributed by atoms with Gasteiger partial charge in [-0.2, -0.15) is 0 Å². The highest BCUT2D eigenvalue weighted by atomic mass is 16.6. The fraction of sp³-hybridized carbons (Fsp3) is 0.875. The van der Waals surface area contributed by atoms with Gasteiger partial charge in [0.05, 0.1) is 19.8 Å². The van der Waals surface area contributed by atoms with Gasteiger partial charge in [-0.15, -0.1) is 0 Å². The van der Waals surface area contributed by atoms with Gasteiger partial charge in [0, 0.05) is 12.6 Å². The van der Waals surface area contributed by atoms with E-state index in [-0.39, 0.29) is 24.6 Å². The van der Waals surface area contributed by atoms with Gasteiger partial charge in [-0.3, -0.25) is 14.5 Å². The highest BCUT2D eigenvalue weighted by molar-refractivity contribution is 5.76. The van der Waals surface area contributed by atoms with Crippen molar-refractivity contribution in [2.75, 3.05) is 20.2 Å². The Kier molecular flexibility index (Phi) is 3.65. The van der Waals surface area contributed by atoms with Crippen LogP contribution in [0.3, 0.4) is 0 Å². The first-order valence-corrected chi connectivity index (χ1v) is 4.37. The lowest BCUT2D eigenvalue weighted by atomic mass is 10.2. The summed E-state index contributed by atoms with van der Waals surface area (Å²) in [5.74, 6) is -0.177. The average molecular weight is 188 g/mol. The number of aliphatic hydroxyl groups excluding tert-OH is 1. The van der Waals surface area contributed by atoms with E-state index in [1.807, 2.05) is 11.8 Å². The van der Waals surface area contributed by atoms with Crippen LogP contribution < -0.4 is 5.48 Å². The molecule has 76 valence electrons. The number of likely N-dealkylation sites (tertiary alicyclic amines) is 1. The van der Waals surface area contributed by atoms with E-state index in [4.69, 9.17) is 0 Å². The molecule has 2 unspecified atom stereocenters. The minimum atomic E-state index is -0.301. The number of carbonyl (C=O) groups is 1. The minimum absolute atomic E-state index is 0.177. The van der Waals surface area contributed by atoms with Crippen LogP contribution >= 0.6 is 0 Å². The molecule has 0 bridgehead atoms. The molecule has 0 aromatic carbocycles. The van der Waals surface area contributed by atoms with E-state index in [2.05, 4.69) is 10.3 Å². The second-order valence-electron chi connectivity index (χ2n) is 3.40. The molecule has 5 nitrogen and oxygen atoms in total. The number of nitrogens with one attached hydrogen (secondary N) is 1. The largest absolute Gasteiger partial charge is 0.392 e. The highest BCUT2D eigenvalue weighted by Gasteiger charge is 2.28. The quantitative estimate of drug-likeness (QED) is 0.565. The maximum absolute atomic E-state index is 11.1. The summed E-state index contributed by atoms with van der Waals surface area (Å²) in [6, 6.07) is 0.262.